The van der Waals surface area contributed by atoms with E-state index in [-0.39, 0.29) is 10.7 Å². The Morgan fingerprint density at radius 3 is 2.76 bits per heavy atom. The van der Waals surface area contributed by atoms with Crippen LogP contribution >= 0.6 is 11.6 Å². The first-order chi connectivity index (χ1) is 10.1. The van der Waals surface area contributed by atoms with E-state index in [4.69, 9.17) is 16.3 Å². The molecule has 2 rings (SSSR count). The molecule has 0 spiro atoms. The summed E-state index contributed by atoms with van der Waals surface area (Å²) < 4.78 is 18.8. The molecule has 5 heteroatoms. The first-order valence-corrected chi connectivity index (χ1v) is 6.55. The van der Waals surface area contributed by atoms with E-state index in [0.29, 0.717) is 5.75 Å². The molecule has 0 bridgehead atoms. The zero-order valence-electron chi connectivity index (χ0n) is 11.3. The van der Waals surface area contributed by atoms with Crippen molar-refractivity contribution in [2.45, 2.75) is 0 Å². The smallest absolute Gasteiger partial charge is 0.248 e. The van der Waals surface area contributed by atoms with Gasteiger partial charge in [0.1, 0.15) is 5.75 Å². The Kier molecular flexibility index (Phi) is 4.95. The lowest BCUT2D eigenvalue weighted by atomic mass is 10.2. The number of amides is 1. The number of ether oxygens (including phenoxy) is 1. The number of rotatable bonds is 4. The molecule has 1 N–H and O–H groups in total. The number of carbonyl (C=O) groups excluding carboxylic acids is 1. The minimum Gasteiger partial charge on any atom is -0.496 e. The molecule has 0 saturated heterocycles. The highest BCUT2D eigenvalue weighted by Gasteiger charge is 2.07. The third kappa shape index (κ3) is 3.83. The summed E-state index contributed by atoms with van der Waals surface area (Å²) in [6.07, 6.45) is 2.90. The van der Waals surface area contributed by atoms with Crippen LogP contribution in [0.25, 0.3) is 6.08 Å². The second kappa shape index (κ2) is 6.90. The number of nitrogens with one attached hydrogen (secondary N) is 1. The SMILES string of the molecule is COc1ccccc1/C=C/C(=O)Nc1cccc(Cl)c1F. The molecule has 0 aliphatic heterocycles. The maximum absolute atomic E-state index is 13.7. The Balaban J connectivity index is 2.11. The third-order valence-electron chi connectivity index (χ3n) is 2.76. The molecule has 0 fully saturated rings. The van der Waals surface area contributed by atoms with Gasteiger partial charge in [0.15, 0.2) is 5.82 Å². The average molecular weight is 306 g/mol. The largest absolute Gasteiger partial charge is 0.496 e. The Bertz CT molecular complexity index is 686. The number of para-hydroxylation sites is 1. The van der Waals surface area contributed by atoms with E-state index in [2.05, 4.69) is 5.32 Å². The van der Waals surface area contributed by atoms with Crippen molar-refractivity contribution < 1.29 is 13.9 Å². The molecule has 1 amide bonds. The number of hydrogen-bond donors (Lipinski definition) is 1. The number of benzene rings is 2. The number of hydrogen-bond acceptors (Lipinski definition) is 2. The van der Waals surface area contributed by atoms with E-state index in [1.807, 2.05) is 18.2 Å². The predicted octanol–water partition coefficient (Wildman–Crippen LogP) is 4.14. The highest BCUT2D eigenvalue weighted by molar-refractivity contribution is 6.31. The number of halogens is 2. The lowest BCUT2D eigenvalue weighted by Gasteiger charge is -2.05. The van der Waals surface area contributed by atoms with Gasteiger partial charge in [-0.05, 0) is 24.3 Å². The van der Waals surface area contributed by atoms with Crippen molar-refractivity contribution in [1.29, 1.82) is 0 Å². The summed E-state index contributed by atoms with van der Waals surface area (Å²) in [5.74, 6) is -0.462. The van der Waals surface area contributed by atoms with Crippen LogP contribution in [0.3, 0.4) is 0 Å². The van der Waals surface area contributed by atoms with Crippen molar-refractivity contribution in [2.24, 2.45) is 0 Å². The summed E-state index contributed by atoms with van der Waals surface area (Å²) in [6, 6.07) is 11.7. The summed E-state index contributed by atoms with van der Waals surface area (Å²) in [4.78, 5) is 11.8. The Hall–Kier alpha value is -2.33. The van der Waals surface area contributed by atoms with Crippen LogP contribution in [-0.2, 0) is 4.79 Å². The molecule has 2 aromatic rings. The van der Waals surface area contributed by atoms with Crippen LogP contribution in [0.1, 0.15) is 5.56 Å². The first-order valence-electron chi connectivity index (χ1n) is 6.18. The molecule has 0 aromatic heterocycles. The molecule has 21 heavy (non-hydrogen) atoms. The normalized spacial score (nSPS) is 10.6. The van der Waals surface area contributed by atoms with Crippen molar-refractivity contribution in [3.05, 3.63) is 64.9 Å². The molecule has 3 nitrogen and oxygen atoms in total. The van der Waals surface area contributed by atoms with E-state index in [9.17, 15) is 9.18 Å². The van der Waals surface area contributed by atoms with E-state index in [1.54, 1.807) is 25.3 Å². The highest BCUT2D eigenvalue weighted by Crippen LogP contribution is 2.22. The van der Waals surface area contributed by atoms with Gasteiger partial charge in [-0.1, -0.05) is 35.9 Å². The fourth-order valence-corrected chi connectivity index (χ4v) is 1.92. The van der Waals surface area contributed by atoms with Crippen LogP contribution in [-0.4, -0.2) is 13.0 Å². The maximum atomic E-state index is 13.7. The van der Waals surface area contributed by atoms with Gasteiger partial charge in [-0.25, -0.2) is 4.39 Å². The van der Waals surface area contributed by atoms with Gasteiger partial charge in [-0.3, -0.25) is 4.79 Å². The van der Waals surface area contributed by atoms with E-state index >= 15 is 0 Å². The van der Waals surface area contributed by atoms with Crippen LogP contribution in [0.4, 0.5) is 10.1 Å². The standard InChI is InChI=1S/C16H13ClFNO2/c1-21-14-8-3-2-5-11(14)9-10-15(20)19-13-7-4-6-12(17)16(13)18/h2-10H,1H3,(H,19,20)/b10-9+. The van der Waals surface area contributed by atoms with Gasteiger partial charge >= 0.3 is 0 Å². The molecule has 0 radical (unpaired) electrons. The topological polar surface area (TPSA) is 38.3 Å². The van der Waals surface area contributed by atoms with Crippen molar-refractivity contribution in [1.82, 2.24) is 0 Å². The van der Waals surface area contributed by atoms with Crippen molar-refractivity contribution in [3.8, 4) is 5.75 Å². The molecule has 0 aliphatic rings. The van der Waals surface area contributed by atoms with E-state index in [0.717, 1.165) is 5.56 Å². The summed E-state index contributed by atoms with van der Waals surface area (Å²) in [5, 5.41) is 2.39. The Morgan fingerprint density at radius 1 is 1.24 bits per heavy atom. The monoisotopic (exact) mass is 305 g/mol. The predicted molar refractivity (Wildman–Crippen MR) is 82.1 cm³/mol. The van der Waals surface area contributed by atoms with Crippen molar-refractivity contribution in [2.75, 3.05) is 12.4 Å². The Morgan fingerprint density at radius 2 is 2.00 bits per heavy atom. The quantitative estimate of drug-likeness (QED) is 0.862. The third-order valence-corrected chi connectivity index (χ3v) is 3.05. The lowest BCUT2D eigenvalue weighted by Crippen LogP contribution is -2.09. The molecule has 0 aliphatic carbocycles. The number of carbonyl (C=O) groups is 1. The Labute approximate surface area is 127 Å². The van der Waals surface area contributed by atoms with Gasteiger partial charge in [-0.15, -0.1) is 0 Å². The van der Waals surface area contributed by atoms with Gasteiger partial charge in [0, 0.05) is 11.6 Å². The highest BCUT2D eigenvalue weighted by atomic mass is 35.5. The molecule has 0 atom stereocenters. The van der Waals surface area contributed by atoms with Crippen molar-refractivity contribution in [3.63, 3.8) is 0 Å². The van der Waals surface area contributed by atoms with Crippen LogP contribution in [0, 0.1) is 5.82 Å². The second-order valence-electron chi connectivity index (χ2n) is 4.17. The van der Waals surface area contributed by atoms with Gasteiger partial charge in [-0.2, -0.15) is 0 Å². The summed E-state index contributed by atoms with van der Waals surface area (Å²) in [7, 11) is 1.55. The van der Waals surface area contributed by atoms with Gasteiger partial charge < -0.3 is 10.1 Å². The number of anilines is 1. The summed E-state index contributed by atoms with van der Waals surface area (Å²) >= 11 is 5.65. The fraction of sp³-hybridized carbons (Fsp3) is 0.0625. The molecule has 0 unspecified atom stereocenters. The van der Waals surface area contributed by atoms with Crippen LogP contribution in [0.2, 0.25) is 5.02 Å². The second-order valence-corrected chi connectivity index (χ2v) is 4.57. The zero-order chi connectivity index (χ0) is 15.2. The molecule has 2 aromatic carbocycles. The number of methoxy groups -OCH3 is 1. The minimum absolute atomic E-state index is 0.0391. The van der Waals surface area contributed by atoms with E-state index in [1.165, 1.54) is 18.2 Å². The lowest BCUT2D eigenvalue weighted by molar-refractivity contribution is -0.111. The van der Waals surface area contributed by atoms with Crippen LogP contribution < -0.4 is 10.1 Å². The molecular weight excluding hydrogens is 293 g/mol. The zero-order valence-corrected chi connectivity index (χ0v) is 12.0. The molecular formula is C16H13ClFNO2. The molecule has 0 saturated carbocycles. The molecule has 108 valence electrons. The maximum Gasteiger partial charge on any atom is 0.248 e. The van der Waals surface area contributed by atoms with Crippen molar-refractivity contribution >= 4 is 29.3 Å². The molecule has 0 heterocycles. The summed E-state index contributed by atoms with van der Waals surface area (Å²) in [6.45, 7) is 0. The van der Waals surface area contributed by atoms with Crippen LogP contribution in [0.5, 0.6) is 5.75 Å². The van der Waals surface area contributed by atoms with Crippen LogP contribution in [0.15, 0.2) is 48.5 Å². The van der Waals surface area contributed by atoms with Gasteiger partial charge in [0.25, 0.3) is 0 Å². The van der Waals surface area contributed by atoms with Gasteiger partial charge in [0.2, 0.25) is 5.91 Å². The minimum atomic E-state index is -0.654. The van der Waals surface area contributed by atoms with E-state index < -0.39 is 11.7 Å². The van der Waals surface area contributed by atoms with Gasteiger partial charge in [0.05, 0.1) is 17.8 Å². The average Bonchev–Trinajstić information content (AvgIpc) is 2.50. The first kappa shape index (κ1) is 15.1. The fourth-order valence-electron chi connectivity index (χ4n) is 1.74. The summed E-state index contributed by atoms with van der Waals surface area (Å²) in [5.41, 5.74) is 0.791.